The van der Waals surface area contributed by atoms with E-state index in [1.807, 2.05) is 38.1 Å². The molecule has 0 atom stereocenters. The summed E-state index contributed by atoms with van der Waals surface area (Å²) in [5.74, 6) is -0.0181. The Morgan fingerprint density at radius 3 is 2.45 bits per heavy atom. The average Bonchev–Trinajstić information content (AvgIpc) is 3.09. The Morgan fingerprint density at radius 1 is 1.12 bits per heavy atom. The average molecular weight is 454 g/mol. The van der Waals surface area contributed by atoms with Crippen molar-refractivity contribution in [2.45, 2.75) is 33.6 Å². The minimum absolute atomic E-state index is 0.00229. The Bertz CT molecular complexity index is 1060. The number of carbonyl (C=O) groups excluding carboxylic acids is 3. The number of ketones is 1. The van der Waals surface area contributed by atoms with Gasteiger partial charge in [-0.15, -0.1) is 0 Å². The van der Waals surface area contributed by atoms with E-state index in [1.54, 1.807) is 14.0 Å². The molecule has 2 aromatic rings. The van der Waals surface area contributed by atoms with E-state index in [1.165, 1.54) is 4.90 Å². The van der Waals surface area contributed by atoms with Crippen LogP contribution in [-0.2, 0) is 16.0 Å². The fourth-order valence-corrected chi connectivity index (χ4v) is 4.52. The number of rotatable bonds is 5. The third kappa shape index (κ3) is 4.95. The molecule has 33 heavy (non-hydrogen) atoms. The number of furan rings is 1. The highest BCUT2D eigenvalue weighted by Crippen LogP contribution is 2.38. The Morgan fingerprint density at radius 2 is 1.79 bits per heavy atom. The molecule has 8 nitrogen and oxygen atoms in total. The first-order chi connectivity index (χ1) is 15.6. The minimum atomic E-state index is -0.412. The highest BCUT2D eigenvalue weighted by atomic mass is 16.5. The van der Waals surface area contributed by atoms with Crippen LogP contribution in [0.15, 0.2) is 28.7 Å². The molecule has 2 heterocycles. The second-order valence-corrected chi connectivity index (χ2v) is 9.65. The molecule has 2 amide bonds. The van der Waals surface area contributed by atoms with E-state index in [0.29, 0.717) is 48.6 Å². The SMILES string of the molecule is Cc1c(C(=O)N(C)CC(=O)Nc2ccc(N3CCOCC3)cc2)oc2c1C(=O)CC(C)(C)C2. The number of hydrogen-bond donors (Lipinski definition) is 1. The largest absolute Gasteiger partial charge is 0.455 e. The van der Waals surface area contributed by atoms with Gasteiger partial charge in [0.1, 0.15) is 5.76 Å². The van der Waals surface area contributed by atoms with Gasteiger partial charge in [0.15, 0.2) is 11.5 Å². The lowest BCUT2D eigenvalue weighted by atomic mass is 9.76. The summed E-state index contributed by atoms with van der Waals surface area (Å²) in [7, 11) is 1.55. The summed E-state index contributed by atoms with van der Waals surface area (Å²) in [5.41, 5.74) is 2.63. The van der Waals surface area contributed by atoms with Gasteiger partial charge in [0.05, 0.1) is 25.3 Å². The van der Waals surface area contributed by atoms with Crippen LogP contribution in [0.3, 0.4) is 0 Å². The molecule has 1 aliphatic heterocycles. The smallest absolute Gasteiger partial charge is 0.290 e. The Balaban J connectivity index is 1.38. The summed E-state index contributed by atoms with van der Waals surface area (Å²) in [4.78, 5) is 41.6. The van der Waals surface area contributed by atoms with Crippen LogP contribution in [-0.4, -0.2) is 62.4 Å². The maximum atomic E-state index is 13.0. The van der Waals surface area contributed by atoms with E-state index < -0.39 is 5.91 Å². The predicted octanol–water partition coefficient (Wildman–Crippen LogP) is 3.29. The van der Waals surface area contributed by atoms with Crippen molar-refractivity contribution in [3.8, 4) is 0 Å². The number of carbonyl (C=O) groups is 3. The van der Waals surface area contributed by atoms with Crippen LogP contribution in [0.4, 0.5) is 11.4 Å². The number of hydrogen-bond acceptors (Lipinski definition) is 6. The molecule has 0 radical (unpaired) electrons. The summed E-state index contributed by atoms with van der Waals surface area (Å²) < 4.78 is 11.2. The van der Waals surface area contributed by atoms with Crippen LogP contribution in [0.2, 0.25) is 0 Å². The molecular formula is C25H31N3O5. The summed E-state index contributed by atoms with van der Waals surface area (Å²) in [6.07, 6.45) is 1.03. The third-order valence-electron chi connectivity index (χ3n) is 6.23. The number of amides is 2. The van der Waals surface area contributed by atoms with Crippen LogP contribution < -0.4 is 10.2 Å². The van der Waals surface area contributed by atoms with Crippen molar-refractivity contribution in [1.29, 1.82) is 0 Å². The van der Waals surface area contributed by atoms with Crippen LogP contribution >= 0.6 is 0 Å². The standard InChI is InChI=1S/C25H31N3O5/c1-16-22-19(29)13-25(2,3)14-20(22)33-23(16)24(31)27(4)15-21(30)26-17-5-7-18(8-6-17)28-9-11-32-12-10-28/h5-8H,9-15H2,1-4H3,(H,26,30). The van der Waals surface area contributed by atoms with E-state index in [0.717, 1.165) is 18.8 Å². The molecule has 1 aromatic heterocycles. The number of fused-ring (bicyclic) bond motifs is 1. The van der Waals surface area contributed by atoms with Gasteiger partial charge in [0.2, 0.25) is 5.91 Å². The molecule has 0 saturated carbocycles. The van der Waals surface area contributed by atoms with Crippen molar-refractivity contribution in [2.75, 3.05) is 50.1 Å². The predicted molar refractivity (Wildman–Crippen MR) is 125 cm³/mol. The molecule has 8 heteroatoms. The third-order valence-corrected chi connectivity index (χ3v) is 6.23. The van der Waals surface area contributed by atoms with E-state index in [4.69, 9.17) is 9.15 Å². The van der Waals surface area contributed by atoms with Gasteiger partial charge < -0.3 is 24.3 Å². The second kappa shape index (κ2) is 9.02. The lowest BCUT2D eigenvalue weighted by Crippen LogP contribution is -2.36. The van der Waals surface area contributed by atoms with Crippen LogP contribution in [0.25, 0.3) is 0 Å². The van der Waals surface area contributed by atoms with Crippen molar-refractivity contribution >= 4 is 29.0 Å². The number of ether oxygens (including phenoxy) is 1. The molecule has 176 valence electrons. The Hall–Kier alpha value is -3.13. The molecular weight excluding hydrogens is 422 g/mol. The fraction of sp³-hybridized carbons (Fsp3) is 0.480. The lowest BCUT2D eigenvalue weighted by Gasteiger charge is -2.28. The molecule has 0 bridgehead atoms. The summed E-state index contributed by atoms with van der Waals surface area (Å²) in [6, 6.07) is 7.63. The first-order valence-corrected chi connectivity index (χ1v) is 11.3. The van der Waals surface area contributed by atoms with Gasteiger partial charge in [0, 0.05) is 49.9 Å². The molecule has 4 rings (SSSR count). The minimum Gasteiger partial charge on any atom is -0.455 e. The Labute approximate surface area is 193 Å². The van der Waals surface area contributed by atoms with Crippen LogP contribution in [0, 0.1) is 12.3 Å². The number of nitrogens with zero attached hydrogens (tertiary/aromatic N) is 2. The molecule has 0 unspecified atom stereocenters. The normalized spacial score (nSPS) is 17.5. The molecule has 0 spiro atoms. The van der Waals surface area contributed by atoms with Crippen LogP contribution in [0.1, 0.15) is 52.5 Å². The van der Waals surface area contributed by atoms with Crippen LogP contribution in [0.5, 0.6) is 0 Å². The van der Waals surface area contributed by atoms with Gasteiger partial charge in [-0.3, -0.25) is 14.4 Å². The van der Waals surface area contributed by atoms with Gasteiger partial charge in [-0.1, -0.05) is 13.8 Å². The lowest BCUT2D eigenvalue weighted by molar-refractivity contribution is -0.116. The second-order valence-electron chi connectivity index (χ2n) is 9.65. The van der Waals surface area contributed by atoms with Crippen molar-refractivity contribution in [3.05, 3.63) is 46.9 Å². The highest BCUT2D eigenvalue weighted by Gasteiger charge is 2.37. The number of likely N-dealkylation sites (N-methyl/N-ethyl adjacent to an activating group) is 1. The van der Waals surface area contributed by atoms with Crippen molar-refractivity contribution in [3.63, 3.8) is 0 Å². The molecule has 1 fully saturated rings. The van der Waals surface area contributed by atoms with E-state index in [2.05, 4.69) is 10.2 Å². The molecule has 1 N–H and O–H groups in total. The van der Waals surface area contributed by atoms with Gasteiger partial charge in [-0.05, 0) is 36.6 Å². The van der Waals surface area contributed by atoms with Gasteiger partial charge in [-0.25, -0.2) is 0 Å². The topological polar surface area (TPSA) is 92.1 Å². The zero-order valence-corrected chi connectivity index (χ0v) is 19.7. The zero-order valence-electron chi connectivity index (χ0n) is 19.7. The maximum Gasteiger partial charge on any atom is 0.290 e. The number of Topliss-reactive ketones (excluding diaryl/α,β-unsaturated/α-hetero) is 1. The molecule has 1 aliphatic carbocycles. The number of anilines is 2. The number of nitrogens with one attached hydrogen (secondary N) is 1. The van der Waals surface area contributed by atoms with Crippen molar-refractivity contribution < 1.29 is 23.5 Å². The first-order valence-electron chi connectivity index (χ1n) is 11.3. The monoisotopic (exact) mass is 453 g/mol. The Kier molecular flexibility index (Phi) is 6.30. The molecule has 1 saturated heterocycles. The van der Waals surface area contributed by atoms with E-state index in [-0.39, 0.29) is 29.4 Å². The van der Waals surface area contributed by atoms with E-state index in [9.17, 15) is 14.4 Å². The van der Waals surface area contributed by atoms with Crippen molar-refractivity contribution in [1.82, 2.24) is 4.90 Å². The summed E-state index contributed by atoms with van der Waals surface area (Å²) >= 11 is 0. The molecule has 1 aromatic carbocycles. The highest BCUT2D eigenvalue weighted by molar-refractivity contribution is 6.04. The van der Waals surface area contributed by atoms with Gasteiger partial charge >= 0.3 is 0 Å². The molecule has 2 aliphatic rings. The zero-order chi connectivity index (χ0) is 23.8. The summed E-state index contributed by atoms with van der Waals surface area (Å²) in [5, 5.41) is 2.83. The fourth-order valence-electron chi connectivity index (χ4n) is 4.52. The van der Waals surface area contributed by atoms with Gasteiger partial charge in [-0.2, -0.15) is 0 Å². The first kappa shape index (κ1) is 23.0. The van der Waals surface area contributed by atoms with E-state index >= 15 is 0 Å². The summed E-state index contributed by atoms with van der Waals surface area (Å²) in [6.45, 7) is 8.73. The maximum absolute atomic E-state index is 13.0. The number of morpholine rings is 1. The quantitative estimate of drug-likeness (QED) is 0.747. The number of benzene rings is 1. The van der Waals surface area contributed by atoms with Crippen molar-refractivity contribution in [2.24, 2.45) is 5.41 Å². The van der Waals surface area contributed by atoms with Gasteiger partial charge in [0.25, 0.3) is 5.91 Å².